The van der Waals surface area contributed by atoms with Gasteiger partial charge in [0, 0.05) is 0 Å². The zero-order chi connectivity index (χ0) is 12.3. The fourth-order valence-corrected chi connectivity index (χ4v) is 2.57. The van der Waals surface area contributed by atoms with Gasteiger partial charge < -0.3 is 5.21 Å². The van der Waals surface area contributed by atoms with Crippen LogP contribution in [0.5, 0.6) is 0 Å². The number of hydrogen-bond donors (Lipinski definition) is 1. The Morgan fingerprint density at radius 1 is 1.24 bits per heavy atom. The summed E-state index contributed by atoms with van der Waals surface area (Å²) in [5, 5.41) is 12.2. The molecule has 17 heavy (non-hydrogen) atoms. The number of oxime groups is 1. The van der Waals surface area contributed by atoms with Crippen LogP contribution in [-0.4, -0.2) is 10.9 Å². The highest BCUT2D eigenvalue weighted by Gasteiger charge is 2.20. The smallest absolute Gasteiger partial charge is 0.0576 e. The van der Waals surface area contributed by atoms with E-state index in [2.05, 4.69) is 43.3 Å². The fraction of sp³-hybridized carbons (Fsp3) is 0.533. The van der Waals surface area contributed by atoms with Gasteiger partial charge in [0.1, 0.15) is 0 Å². The molecule has 2 rings (SSSR count). The van der Waals surface area contributed by atoms with Crippen molar-refractivity contribution < 1.29 is 5.21 Å². The zero-order valence-electron chi connectivity index (χ0n) is 10.7. The molecule has 1 N–H and O–H groups in total. The molecule has 0 spiro atoms. The molecule has 0 radical (unpaired) electrons. The van der Waals surface area contributed by atoms with E-state index in [1.165, 1.54) is 17.5 Å². The van der Waals surface area contributed by atoms with Crippen LogP contribution in [0.25, 0.3) is 0 Å². The lowest BCUT2D eigenvalue weighted by atomic mass is 9.82. The first-order valence-electron chi connectivity index (χ1n) is 6.50. The van der Waals surface area contributed by atoms with Gasteiger partial charge in [0.05, 0.1) is 5.71 Å². The predicted molar refractivity (Wildman–Crippen MR) is 71.0 cm³/mol. The molecule has 0 amide bonds. The quantitative estimate of drug-likeness (QED) is 0.597. The number of rotatable bonds is 2. The Labute approximate surface area is 103 Å². The average molecular weight is 231 g/mol. The molecule has 0 saturated heterocycles. The van der Waals surface area contributed by atoms with E-state index in [9.17, 15) is 0 Å². The van der Waals surface area contributed by atoms with Crippen molar-refractivity contribution in [2.24, 2.45) is 5.16 Å². The van der Waals surface area contributed by atoms with Gasteiger partial charge in [-0.3, -0.25) is 0 Å². The molecule has 1 saturated carbocycles. The summed E-state index contributed by atoms with van der Waals surface area (Å²) in [7, 11) is 0. The van der Waals surface area contributed by atoms with Crippen LogP contribution in [0.3, 0.4) is 0 Å². The van der Waals surface area contributed by atoms with Gasteiger partial charge >= 0.3 is 0 Å². The SMILES string of the molecule is CC(C)c1ccc(C2CCC/C(=N/O)C2)cc1. The minimum absolute atomic E-state index is 0.538. The number of nitrogens with zero attached hydrogens (tertiary/aromatic N) is 1. The maximum Gasteiger partial charge on any atom is 0.0576 e. The monoisotopic (exact) mass is 231 g/mol. The third-order valence-electron chi connectivity index (χ3n) is 3.72. The van der Waals surface area contributed by atoms with Crippen molar-refractivity contribution >= 4 is 5.71 Å². The number of benzene rings is 1. The first-order chi connectivity index (χ1) is 8.20. The molecule has 0 aromatic heterocycles. The third-order valence-corrected chi connectivity index (χ3v) is 3.72. The van der Waals surface area contributed by atoms with Crippen molar-refractivity contribution in [2.75, 3.05) is 0 Å². The Balaban J connectivity index is 2.11. The molecule has 2 nitrogen and oxygen atoms in total. The van der Waals surface area contributed by atoms with Crippen molar-refractivity contribution in [3.63, 3.8) is 0 Å². The van der Waals surface area contributed by atoms with E-state index in [1.807, 2.05) is 0 Å². The van der Waals surface area contributed by atoms with Crippen molar-refractivity contribution in [3.8, 4) is 0 Å². The summed E-state index contributed by atoms with van der Waals surface area (Å²) in [4.78, 5) is 0. The molecule has 0 aliphatic heterocycles. The third kappa shape index (κ3) is 2.87. The summed E-state index contributed by atoms with van der Waals surface area (Å²) in [6.45, 7) is 4.43. The van der Waals surface area contributed by atoms with E-state index < -0.39 is 0 Å². The Morgan fingerprint density at radius 2 is 1.94 bits per heavy atom. The van der Waals surface area contributed by atoms with Crippen LogP contribution >= 0.6 is 0 Å². The molecule has 1 unspecified atom stereocenters. The second kappa shape index (κ2) is 5.35. The summed E-state index contributed by atoms with van der Waals surface area (Å²) >= 11 is 0. The minimum Gasteiger partial charge on any atom is -0.411 e. The number of hydrogen-bond acceptors (Lipinski definition) is 2. The summed E-state index contributed by atoms with van der Waals surface area (Å²) in [6.07, 6.45) is 4.21. The molecule has 1 aromatic carbocycles. The highest BCUT2D eigenvalue weighted by atomic mass is 16.4. The van der Waals surface area contributed by atoms with Gasteiger partial charge in [-0.25, -0.2) is 0 Å². The lowest BCUT2D eigenvalue weighted by Gasteiger charge is -2.23. The largest absolute Gasteiger partial charge is 0.411 e. The average Bonchev–Trinajstić information content (AvgIpc) is 2.39. The van der Waals surface area contributed by atoms with Crippen LogP contribution in [0, 0.1) is 0 Å². The van der Waals surface area contributed by atoms with Gasteiger partial charge in [-0.05, 0) is 48.6 Å². The highest BCUT2D eigenvalue weighted by molar-refractivity contribution is 5.85. The Morgan fingerprint density at radius 3 is 2.53 bits per heavy atom. The molecular formula is C15H21NO. The first-order valence-corrected chi connectivity index (χ1v) is 6.50. The molecule has 1 aliphatic carbocycles. The lowest BCUT2D eigenvalue weighted by molar-refractivity contribution is 0.313. The Hall–Kier alpha value is -1.31. The van der Waals surface area contributed by atoms with Gasteiger partial charge in [-0.15, -0.1) is 0 Å². The van der Waals surface area contributed by atoms with Gasteiger partial charge in [0.2, 0.25) is 0 Å². The van der Waals surface area contributed by atoms with Crippen molar-refractivity contribution in [3.05, 3.63) is 35.4 Å². The second-order valence-corrected chi connectivity index (χ2v) is 5.28. The van der Waals surface area contributed by atoms with E-state index in [4.69, 9.17) is 5.21 Å². The van der Waals surface area contributed by atoms with Crippen LogP contribution < -0.4 is 0 Å². The minimum atomic E-state index is 0.538. The molecule has 1 aromatic rings. The maximum absolute atomic E-state index is 8.86. The van der Waals surface area contributed by atoms with E-state index >= 15 is 0 Å². The predicted octanol–water partition coefficient (Wildman–Crippen LogP) is 4.30. The van der Waals surface area contributed by atoms with Crippen LogP contribution in [0.2, 0.25) is 0 Å². The Bertz CT molecular complexity index is 392. The standard InChI is InChI=1S/C15H21NO/c1-11(2)12-6-8-13(9-7-12)14-4-3-5-15(10-14)16-17/h6-9,11,14,17H,3-5,10H2,1-2H3/b16-15-. The zero-order valence-corrected chi connectivity index (χ0v) is 10.7. The molecule has 0 heterocycles. The highest BCUT2D eigenvalue weighted by Crippen LogP contribution is 2.32. The maximum atomic E-state index is 8.86. The van der Waals surface area contributed by atoms with Crippen LogP contribution in [-0.2, 0) is 0 Å². The summed E-state index contributed by atoms with van der Waals surface area (Å²) < 4.78 is 0. The topological polar surface area (TPSA) is 32.6 Å². The molecule has 0 bridgehead atoms. The molecule has 2 heteroatoms. The molecule has 1 atom stereocenters. The second-order valence-electron chi connectivity index (χ2n) is 5.28. The van der Waals surface area contributed by atoms with E-state index in [-0.39, 0.29) is 0 Å². The summed E-state index contributed by atoms with van der Waals surface area (Å²) in [5.41, 5.74) is 3.73. The van der Waals surface area contributed by atoms with Gasteiger partial charge in [0.25, 0.3) is 0 Å². The van der Waals surface area contributed by atoms with Crippen LogP contribution in [0.15, 0.2) is 29.4 Å². The normalized spacial score (nSPS) is 23.2. The molecule has 92 valence electrons. The van der Waals surface area contributed by atoms with Gasteiger partial charge in [-0.1, -0.05) is 43.3 Å². The van der Waals surface area contributed by atoms with Crippen LogP contribution in [0.4, 0.5) is 0 Å². The van der Waals surface area contributed by atoms with Crippen molar-refractivity contribution in [1.29, 1.82) is 0 Å². The first kappa shape index (κ1) is 12.2. The Kier molecular flexibility index (Phi) is 3.82. The van der Waals surface area contributed by atoms with Gasteiger partial charge in [-0.2, -0.15) is 0 Å². The van der Waals surface area contributed by atoms with E-state index in [1.54, 1.807) is 0 Å². The lowest BCUT2D eigenvalue weighted by Crippen LogP contribution is -2.13. The molecule has 1 fully saturated rings. The van der Waals surface area contributed by atoms with E-state index in [0.29, 0.717) is 11.8 Å². The van der Waals surface area contributed by atoms with Crippen molar-refractivity contribution in [2.45, 2.75) is 51.4 Å². The van der Waals surface area contributed by atoms with E-state index in [0.717, 1.165) is 25.0 Å². The molecular weight excluding hydrogens is 210 g/mol. The van der Waals surface area contributed by atoms with Gasteiger partial charge in [0.15, 0.2) is 0 Å². The van der Waals surface area contributed by atoms with Crippen molar-refractivity contribution in [1.82, 2.24) is 0 Å². The van der Waals surface area contributed by atoms with Crippen LogP contribution in [0.1, 0.15) is 62.5 Å². The molecule has 1 aliphatic rings. The summed E-state index contributed by atoms with van der Waals surface area (Å²) in [5.74, 6) is 1.13. The summed E-state index contributed by atoms with van der Waals surface area (Å²) in [6, 6.07) is 8.93. The fourth-order valence-electron chi connectivity index (χ4n) is 2.57.